The lowest BCUT2D eigenvalue weighted by Crippen LogP contribution is -2.69. The number of ether oxygens (including phenoxy) is 3. The first-order valence-corrected chi connectivity index (χ1v) is 17.0. The van der Waals surface area contributed by atoms with Crippen LogP contribution in [0.5, 0.6) is 17.2 Å². The van der Waals surface area contributed by atoms with Gasteiger partial charge in [0, 0.05) is 24.6 Å². The largest absolute Gasteiger partial charge is 0.573 e. The Bertz CT molecular complexity index is 1930. The zero-order valence-corrected chi connectivity index (χ0v) is 29.0. The molecular weight excluding hydrogens is 691 g/mol. The van der Waals surface area contributed by atoms with E-state index in [1.54, 1.807) is 25.2 Å². The first kappa shape index (κ1) is 36.2. The van der Waals surface area contributed by atoms with Crippen molar-refractivity contribution in [2.75, 3.05) is 39.2 Å². The van der Waals surface area contributed by atoms with Crippen molar-refractivity contribution in [1.82, 2.24) is 5.32 Å². The molecule has 2 heterocycles. The standard InChI is InChI=1S/C33H35ClF3N3O8S/c1-18(2)19-7-11-27(47-6)24(13-19)32(40(4)17-21(41)15-26(40)30(42)38-3)23-14-20(34)8-10-25(23)39(31(32)43)49(44,45)29-12-9-22(46-5)16-28(29)48-33(35,36)37/h7-14,16,18,21,26,41H,15,17H2,1-6H3/p+1/t21-,26+,32?,40?/m1/s1. The molecule has 0 aliphatic carbocycles. The van der Waals surface area contributed by atoms with E-state index in [-0.39, 0.29) is 52.2 Å². The number of quaternary nitrogens is 1. The van der Waals surface area contributed by atoms with Gasteiger partial charge >= 0.3 is 12.3 Å². The van der Waals surface area contributed by atoms with Crippen molar-refractivity contribution < 1.29 is 55.0 Å². The molecule has 0 spiro atoms. The van der Waals surface area contributed by atoms with Gasteiger partial charge in [-0.1, -0.05) is 31.5 Å². The first-order valence-electron chi connectivity index (χ1n) is 15.1. The van der Waals surface area contributed by atoms with Gasteiger partial charge in [-0.3, -0.25) is 14.1 Å². The minimum absolute atomic E-state index is 0.0325. The molecule has 1 fully saturated rings. The summed E-state index contributed by atoms with van der Waals surface area (Å²) < 4.78 is 85.1. The average molecular weight is 727 g/mol. The summed E-state index contributed by atoms with van der Waals surface area (Å²) >= 11 is 6.55. The van der Waals surface area contributed by atoms with Crippen LogP contribution in [-0.2, 0) is 25.2 Å². The number of carbonyl (C=O) groups is 2. The van der Waals surface area contributed by atoms with E-state index in [0.29, 0.717) is 4.31 Å². The summed E-state index contributed by atoms with van der Waals surface area (Å²) in [7, 11) is 0.259. The number of aliphatic hydroxyl groups is 1. The number of rotatable bonds is 9. The van der Waals surface area contributed by atoms with Crippen LogP contribution in [0, 0.1) is 0 Å². The van der Waals surface area contributed by atoms with E-state index in [1.165, 1.54) is 39.5 Å². The van der Waals surface area contributed by atoms with Crippen molar-refractivity contribution in [2.45, 2.75) is 55.1 Å². The molecule has 3 aromatic carbocycles. The highest BCUT2D eigenvalue weighted by Gasteiger charge is 2.72. The Balaban J connectivity index is 1.93. The zero-order valence-electron chi connectivity index (χ0n) is 27.5. The number of hydrogen-bond donors (Lipinski definition) is 2. The molecule has 1 saturated heterocycles. The molecule has 0 radical (unpaired) electrons. The maximum absolute atomic E-state index is 15.6. The number of anilines is 1. The van der Waals surface area contributed by atoms with Gasteiger partial charge in [0.2, 0.25) is 5.54 Å². The van der Waals surface area contributed by atoms with Crippen LogP contribution in [0.3, 0.4) is 0 Å². The summed E-state index contributed by atoms with van der Waals surface area (Å²) in [6.07, 6.45) is -6.52. The van der Waals surface area contributed by atoms with Gasteiger partial charge in [-0.25, -0.2) is 8.42 Å². The molecular formula is C33H36ClF3N3O8S+. The van der Waals surface area contributed by atoms with Gasteiger partial charge in [-0.15, -0.1) is 13.2 Å². The quantitative estimate of drug-likeness (QED) is 0.304. The lowest BCUT2D eigenvalue weighted by Gasteiger charge is -2.48. The van der Waals surface area contributed by atoms with Crippen LogP contribution in [0.1, 0.15) is 42.9 Å². The molecule has 0 bridgehead atoms. The summed E-state index contributed by atoms with van der Waals surface area (Å²) in [5, 5.41) is 13.8. The molecule has 3 aromatic rings. The second-order valence-electron chi connectivity index (χ2n) is 12.4. The Morgan fingerprint density at radius 3 is 2.35 bits per heavy atom. The molecule has 264 valence electrons. The fourth-order valence-corrected chi connectivity index (χ4v) is 8.88. The molecule has 2 amide bonds. The Morgan fingerprint density at radius 1 is 1.06 bits per heavy atom. The highest BCUT2D eigenvalue weighted by molar-refractivity contribution is 7.93. The van der Waals surface area contributed by atoms with E-state index in [4.69, 9.17) is 21.1 Å². The van der Waals surface area contributed by atoms with Gasteiger partial charge in [0.05, 0.1) is 38.1 Å². The fourth-order valence-electron chi connectivity index (χ4n) is 7.15. The molecule has 2 unspecified atom stereocenters. The molecule has 5 rings (SSSR count). The summed E-state index contributed by atoms with van der Waals surface area (Å²) in [4.78, 5) is 28.2. The lowest BCUT2D eigenvalue weighted by atomic mass is 9.77. The summed E-state index contributed by atoms with van der Waals surface area (Å²) in [5.74, 6) is -2.88. The number of halogens is 4. The predicted molar refractivity (Wildman–Crippen MR) is 173 cm³/mol. The number of aliphatic hydroxyl groups excluding tert-OH is 1. The Morgan fingerprint density at radius 2 is 1.76 bits per heavy atom. The first-order chi connectivity index (χ1) is 22.9. The molecule has 2 aliphatic rings. The van der Waals surface area contributed by atoms with Crippen LogP contribution in [-0.4, -0.2) is 83.2 Å². The van der Waals surface area contributed by atoms with Gasteiger partial charge in [0.25, 0.3) is 15.9 Å². The number of carbonyl (C=O) groups excluding carboxylic acids is 2. The van der Waals surface area contributed by atoms with Crippen molar-refractivity contribution >= 4 is 39.1 Å². The second kappa shape index (κ2) is 12.7. The number of nitrogens with one attached hydrogen (secondary N) is 1. The third-order valence-corrected chi connectivity index (χ3v) is 11.3. The van der Waals surface area contributed by atoms with Crippen molar-refractivity contribution in [3.05, 3.63) is 76.3 Å². The monoisotopic (exact) mass is 726 g/mol. The van der Waals surface area contributed by atoms with Crippen LogP contribution in [0.15, 0.2) is 59.5 Å². The second-order valence-corrected chi connectivity index (χ2v) is 14.6. The molecule has 4 atom stereocenters. The number of sulfonamides is 1. The minimum Gasteiger partial charge on any atom is -0.497 e. The maximum Gasteiger partial charge on any atom is 0.573 e. The minimum atomic E-state index is -5.31. The molecule has 49 heavy (non-hydrogen) atoms. The van der Waals surface area contributed by atoms with Crippen molar-refractivity contribution in [3.63, 3.8) is 0 Å². The predicted octanol–water partition coefficient (Wildman–Crippen LogP) is 4.68. The van der Waals surface area contributed by atoms with Crippen LogP contribution < -0.4 is 23.8 Å². The lowest BCUT2D eigenvalue weighted by molar-refractivity contribution is -0.953. The number of benzene rings is 3. The smallest absolute Gasteiger partial charge is 0.497 e. The van der Waals surface area contributed by atoms with Crippen LogP contribution >= 0.6 is 11.6 Å². The highest BCUT2D eigenvalue weighted by Crippen LogP contribution is 2.58. The van der Waals surface area contributed by atoms with Crippen LogP contribution in [0.4, 0.5) is 18.9 Å². The van der Waals surface area contributed by atoms with Crippen molar-refractivity contribution in [3.8, 4) is 17.2 Å². The van der Waals surface area contributed by atoms with Gasteiger partial charge in [-0.2, -0.15) is 4.31 Å². The van der Waals surface area contributed by atoms with Crippen molar-refractivity contribution in [2.24, 2.45) is 0 Å². The molecule has 0 aromatic heterocycles. The number of fused-ring (bicyclic) bond motifs is 1. The number of hydrogen-bond acceptors (Lipinski definition) is 8. The number of alkyl halides is 3. The number of likely N-dealkylation sites (N-methyl/N-ethyl adjacent to an activating group) is 2. The number of methoxy groups -OCH3 is 2. The van der Waals surface area contributed by atoms with E-state index >= 15 is 4.79 Å². The molecule has 2 N–H and O–H groups in total. The Hall–Kier alpha value is -4.05. The van der Waals surface area contributed by atoms with E-state index in [9.17, 15) is 31.5 Å². The summed E-state index contributed by atoms with van der Waals surface area (Å²) in [5.41, 5.74) is -1.46. The Kier molecular flexibility index (Phi) is 9.38. The zero-order chi connectivity index (χ0) is 36.3. The SMILES string of the molecule is CNC(=O)[C@@H]1C[C@@H](O)C[N+]1(C)C1(c2cc(C(C)C)ccc2OC)C(=O)N(S(=O)(=O)c2ccc(OC)cc2OC(F)(F)F)c2ccc(Cl)cc21. The third-order valence-electron chi connectivity index (χ3n) is 9.32. The molecule has 2 aliphatic heterocycles. The Labute approximate surface area is 286 Å². The maximum atomic E-state index is 15.6. The average Bonchev–Trinajstić information content (AvgIpc) is 3.49. The van der Waals surface area contributed by atoms with Gasteiger partial charge in [0.15, 0.2) is 11.8 Å². The fraction of sp³-hybridized carbons (Fsp3) is 0.394. The van der Waals surface area contributed by atoms with Gasteiger partial charge in [-0.05, 0) is 53.9 Å². The van der Waals surface area contributed by atoms with Gasteiger partial charge in [0.1, 0.15) is 29.0 Å². The molecule has 16 heteroatoms. The topological polar surface area (TPSA) is 131 Å². The highest BCUT2D eigenvalue weighted by atomic mass is 35.5. The molecule has 0 saturated carbocycles. The van der Waals surface area contributed by atoms with Gasteiger partial charge < -0.3 is 24.6 Å². The summed E-state index contributed by atoms with van der Waals surface area (Å²) in [6, 6.07) is 10.7. The molecule has 11 nitrogen and oxygen atoms in total. The van der Waals surface area contributed by atoms with Crippen LogP contribution in [0.2, 0.25) is 5.02 Å². The van der Waals surface area contributed by atoms with E-state index in [0.717, 1.165) is 23.8 Å². The number of nitrogens with zero attached hydrogens (tertiary/aromatic N) is 2. The van der Waals surface area contributed by atoms with E-state index in [2.05, 4.69) is 10.1 Å². The number of amides is 2. The third kappa shape index (κ3) is 5.75. The number of likely N-dealkylation sites (tertiary alicyclic amines) is 1. The normalized spacial score (nSPS) is 23.8. The van der Waals surface area contributed by atoms with E-state index < -0.39 is 61.0 Å². The summed E-state index contributed by atoms with van der Waals surface area (Å²) in [6.45, 7) is 3.61. The van der Waals surface area contributed by atoms with Crippen LogP contribution in [0.25, 0.3) is 0 Å². The van der Waals surface area contributed by atoms with Crippen molar-refractivity contribution in [1.29, 1.82) is 0 Å². The van der Waals surface area contributed by atoms with E-state index in [1.807, 2.05) is 13.8 Å².